The molecule has 1 aliphatic heterocycles. The molecule has 1 aromatic rings. The molecule has 2 nitrogen and oxygen atoms in total. The molecule has 1 saturated heterocycles. The fourth-order valence-corrected chi connectivity index (χ4v) is 2.98. The fraction of sp³-hybridized carbons (Fsp3) is 0.529. The topological polar surface area (TPSA) is 15.3 Å². The van der Waals surface area contributed by atoms with Crippen molar-refractivity contribution in [3.05, 3.63) is 39.4 Å². The molecule has 1 N–H and O–H groups in total. The summed E-state index contributed by atoms with van der Waals surface area (Å²) in [5.74, 6) is 0. The second-order valence-electron chi connectivity index (χ2n) is 6.08. The van der Waals surface area contributed by atoms with E-state index in [4.69, 9.17) is 23.2 Å². The predicted octanol–water partition coefficient (Wildman–Crippen LogP) is 5.14. The summed E-state index contributed by atoms with van der Waals surface area (Å²) in [5.41, 5.74) is 3.36. The van der Waals surface area contributed by atoms with Crippen LogP contribution in [0.3, 0.4) is 0 Å². The van der Waals surface area contributed by atoms with Crippen LogP contribution >= 0.6 is 23.2 Å². The fourth-order valence-electron chi connectivity index (χ4n) is 2.55. The molecule has 0 spiro atoms. The van der Waals surface area contributed by atoms with Crippen molar-refractivity contribution in [3.8, 4) is 0 Å². The second-order valence-corrected chi connectivity index (χ2v) is 6.90. The number of piperidine rings is 1. The molecular weight excluding hydrogens is 303 g/mol. The van der Waals surface area contributed by atoms with E-state index in [1.807, 2.05) is 19.1 Å². The Morgan fingerprint density at radius 1 is 1.24 bits per heavy atom. The molecule has 0 radical (unpaired) electrons. The first-order valence-electron chi connectivity index (χ1n) is 7.53. The third-order valence-corrected chi connectivity index (χ3v) is 4.67. The van der Waals surface area contributed by atoms with Crippen LogP contribution in [0.4, 0.5) is 5.69 Å². The van der Waals surface area contributed by atoms with Crippen molar-refractivity contribution in [2.45, 2.75) is 39.7 Å². The Morgan fingerprint density at radius 2 is 1.90 bits per heavy atom. The first-order valence-corrected chi connectivity index (χ1v) is 8.29. The molecule has 0 bridgehead atoms. The molecule has 1 aromatic carbocycles. The quantitative estimate of drug-likeness (QED) is 0.770. The number of rotatable bonds is 4. The van der Waals surface area contributed by atoms with Gasteiger partial charge in [0.15, 0.2) is 0 Å². The molecular formula is C17H24Cl2N2. The van der Waals surface area contributed by atoms with Crippen LogP contribution in [0.1, 0.15) is 32.3 Å². The molecule has 0 unspecified atom stereocenters. The number of nitrogens with zero attached hydrogens (tertiary/aromatic N) is 1. The van der Waals surface area contributed by atoms with Gasteiger partial charge in [0.2, 0.25) is 0 Å². The summed E-state index contributed by atoms with van der Waals surface area (Å²) in [6.07, 6.45) is 4.57. The van der Waals surface area contributed by atoms with Gasteiger partial charge in [-0.2, -0.15) is 0 Å². The van der Waals surface area contributed by atoms with Gasteiger partial charge in [-0.3, -0.25) is 4.90 Å². The van der Waals surface area contributed by atoms with Gasteiger partial charge in [0, 0.05) is 30.7 Å². The van der Waals surface area contributed by atoms with Crippen molar-refractivity contribution in [1.82, 2.24) is 4.90 Å². The summed E-state index contributed by atoms with van der Waals surface area (Å²) >= 11 is 12.5. The average Bonchev–Trinajstić information content (AvgIpc) is 2.44. The van der Waals surface area contributed by atoms with Gasteiger partial charge in [-0.1, -0.05) is 34.9 Å². The van der Waals surface area contributed by atoms with E-state index in [1.165, 1.54) is 5.57 Å². The van der Waals surface area contributed by atoms with Gasteiger partial charge in [0.05, 0.1) is 10.7 Å². The number of hydrogen-bond acceptors (Lipinski definition) is 2. The van der Waals surface area contributed by atoms with E-state index in [0.717, 1.165) is 53.8 Å². The summed E-state index contributed by atoms with van der Waals surface area (Å²) < 4.78 is 0. The number of hydrogen-bond donors (Lipinski definition) is 1. The second kappa shape index (κ2) is 7.53. The van der Waals surface area contributed by atoms with Crippen molar-refractivity contribution in [2.75, 3.05) is 25.0 Å². The Morgan fingerprint density at radius 3 is 2.52 bits per heavy atom. The van der Waals surface area contributed by atoms with Crippen molar-refractivity contribution >= 4 is 28.9 Å². The number of aryl methyl sites for hydroxylation is 1. The van der Waals surface area contributed by atoms with Crippen molar-refractivity contribution in [3.63, 3.8) is 0 Å². The van der Waals surface area contributed by atoms with Crippen LogP contribution in [-0.2, 0) is 0 Å². The summed E-state index contributed by atoms with van der Waals surface area (Å²) in [6.45, 7) is 9.58. The van der Waals surface area contributed by atoms with E-state index >= 15 is 0 Å². The Kier molecular flexibility index (Phi) is 5.98. The first-order chi connectivity index (χ1) is 9.95. The molecule has 0 amide bonds. The Balaban J connectivity index is 1.89. The number of benzene rings is 1. The lowest BCUT2D eigenvalue weighted by atomic mass is 10.0. The monoisotopic (exact) mass is 326 g/mol. The highest BCUT2D eigenvalue weighted by atomic mass is 35.5. The molecule has 1 heterocycles. The molecule has 4 heteroatoms. The number of halogens is 2. The summed E-state index contributed by atoms with van der Waals surface area (Å²) in [7, 11) is 0. The van der Waals surface area contributed by atoms with E-state index in [1.54, 1.807) is 0 Å². The minimum Gasteiger partial charge on any atom is -0.381 e. The third kappa shape index (κ3) is 4.91. The molecule has 21 heavy (non-hydrogen) atoms. The zero-order valence-electron chi connectivity index (χ0n) is 13.0. The minimum atomic E-state index is 0.476. The minimum absolute atomic E-state index is 0.476. The maximum atomic E-state index is 6.29. The normalized spacial score (nSPS) is 16.8. The lowest BCUT2D eigenvalue weighted by Crippen LogP contribution is -2.39. The van der Waals surface area contributed by atoms with Crippen LogP contribution in [0, 0.1) is 6.92 Å². The number of likely N-dealkylation sites (tertiary alicyclic amines) is 1. The van der Waals surface area contributed by atoms with E-state index in [9.17, 15) is 0 Å². The summed E-state index contributed by atoms with van der Waals surface area (Å²) in [5, 5.41) is 5.06. The number of anilines is 1. The van der Waals surface area contributed by atoms with Gasteiger partial charge < -0.3 is 5.32 Å². The zero-order chi connectivity index (χ0) is 15.4. The van der Waals surface area contributed by atoms with Gasteiger partial charge in [0.1, 0.15) is 0 Å². The SMILES string of the molecule is CC(C)=CCN1CCC(Nc2cc(Cl)c(C)cc2Cl)CC1. The Hall–Kier alpha value is -0.700. The van der Waals surface area contributed by atoms with Gasteiger partial charge >= 0.3 is 0 Å². The van der Waals surface area contributed by atoms with E-state index in [2.05, 4.69) is 30.1 Å². The number of allylic oxidation sites excluding steroid dienone is 1. The van der Waals surface area contributed by atoms with Gasteiger partial charge in [-0.05, 0) is 51.3 Å². The van der Waals surface area contributed by atoms with Crippen LogP contribution in [-0.4, -0.2) is 30.6 Å². The van der Waals surface area contributed by atoms with Crippen molar-refractivity contribution < 1.29 is 0 Å². The van der Waals surface area contributed by atoms with E-state index in [0.29, 0.717) is 6.04 Å². The summed E-state index contributed by atoms with van der Waals surface area (Å²) in [6, 6.07) is 4.34. The molecule has 0 aliphatic carbocycles. The molecule has 0 atom stereocenters. The smallest absolute Gasteiger partial charge is 0.0641 e. The van der Waals surface area contributed by atoms with Gasteiger partial charge in [-0.25, -0.2) is 0 Å². The largest absolute Gasteiger partial charge is 0.381 e. The zero-order valence-corrected chi connectivity index (χ0v) is 14.6. The van der Waals surface area contributed by atoms with E-state index in [-0.39, 0.29) is 0 Å². The molecule has 0 saturated carbocycles. The molecule has 116 valence electrons. The highest BCUT2D eigenvalue weighted by Crippen LogP contribution is 2.30. The highest BCUT2D eigenvalue weighted by molar-refractivity contribution is 6.35. The van der Waals surface area contributed by atoms with Crippen LogP contribution in [0.15, 0.2) is 23.8 Å². The van der Waals surface area contributed by atoms with Crippen LogP contribution in [0.2, 0.25) is 10.0 Å². The van der Waals surface area contributed by atoms with Gasteiger partial charge in [-0.15, -0.1) is 0 Å². The van der Waals surface area contributed by atoms with E-state index < -0.39 is 0 Å². The number of nitrogens with one attached hydrogen (secondary N) is 1. The Bertz CT molecular complexity index is 514. The van der Waals surface area contributed by atoms with Crippen LogP contribution in [0.25, 0.3) is 0 Å². The molecule has 1 aliphatic rings. The Labute approximate surface area is 138 Å². The molecule has 0 aromatic heterocycles. The highest BCUT2D eigenvalue weighted by Gasteiger charge is 2.19. The average molecular weight is 327 g/mol. The lowest BCUT2D eigenvalue weighted by Gasteiger charge is -2.32. The van der Waals surface area contributed by atoms with Crippen LogP contribution in [0.5, 0.6) is 0 Å². The third-order valence-electron chi connectivity index (χ3n) is 3.95. The predicted molar refractivity (Wildman–Crippen MR) is 93.7 cm³/mol. The van der Waals surface area contributed by atoms with Crippen molar-refractivity contribution in [2.24, 2.45) is 0 Å². The standard InChI is InChI=1S/C17H24Cl2N2/c1-12(2)4-7-21-8-5-14(6-9-21)20-17-11-15(18)13(3)10-16(17)19/h4,10-11,14,20H,5-9H2,1-3H3. The molecule has 1 fully saturated rings. The maximum Gasteiger partial charge on any atom is 0.0641 e. The molecule has 2 rings (SSSR count). The summed E-state index contributed by atoms with van der Waals surface area (Å²) in [4.78, 5) is 2.49. The van der Waals surface area contributed by atoms with Crippen LogP contribution < -0.4 is 5.32 Å². The van der Waals surface area contributed by atoms with Gasteiger partial charge in [0.25, 0.3) is 0 Å². The van der Waals surface area contributed by atoms with Crippen molar-refractivity contribution in [1.29, 1.82) is 0 Å². The first kappa shape index (κ1) is 16.7. The lowest BCUT2D eigenvalue weighted by molar-refractivity contribution is 0.240. The maximum absolute atomic E-state index is 6.29.